The number of phenolic OH excluding ortho intramolecular Hbond substituents is 1. The molecular weight excluding hydrogens is 459 g/mol. The number of aromatic hydroxyl groups is 1. The van der Waals surface area contributed by atoms with Crippen molar-refractivity contribution in [3.63, 3.8) is 0 Å². The van der Waals surface area contributed by atoms with Crippen molar-refractivity contribution in [1.82, 2.24) is 10.2 Å². The number of hydrogen-bond donors (Lipinski definition) is 2. The van der Waals surface area contributed by atoms with Gasteiger partial charge in [0.15, 0.2) is 21.2 Å². The average molecular weight is 479 g/mol. The highest BCUT2D eigenvalue weighted by atomic mass is 35.5. The van der Waals surface area contributed by atoms with Gasteiger partial charge in [-0.05, 0) is 36.5 Å². The minimum atomic E-state index is -1.85. The normalized spacial score (nSPS) is 38.1. The Kier molecular flexibility index (Phi) is 4.46. The van der Waals surface area contributed by atoms with Gasteiger partial charge in [-0.2, -0.15) is 0 Å². The zero-order valence-electron chi connectivity index (χ0n) is 17.2. The molecule has 0 radical (unpaired) electrons. The maximum atomic E-state index is 13.3. The molecular formula is C22H20Cl2N2O6. The van der Waals surface area contributed by atoms with E-state index in [1.54, 1.807) is 12.1 Å². The van der Waals surface area contributed by atoms with Crippen molar-refractivity contribution in [2.24, 2.45) is 17.8 Å². The molecule has 0 unspecified atom stereocenters. The Morgan fingerprint density at radius 1 is 1.12 bits per heavy atom. The van der Waals surface area contributed by atoms with Gasteiger partial charge in [0.25, 0.3) is 11.8 Å². The molecule has 2 saturated heterocycles. The number of imide groups is 2. The summed E-state index contributed by atoms with van der Waals surface area (Å²) in [7, 11) is 2.72. The number of benzene rings is 1. The van der Waals surface area contributed by atoms with Crippen molar-refractivity contribution in [3.8, 4) is 11.5 Å². The second-order valence-electron chi connectivity index (χ2n) is 8.78. The molecule has 168 valence electrons. The molecule has 2 heterocycles. The highest BCUT2D eigenvalue weighted by Gasteiger charge is 2.75. The number of carbonyl (C=O) groups is 4. The smallest absolute Gasteiger partial charge is 0.253 e. The van der Waals surface area contributed by atoms with Crippen molar-refractivity contribution in [2.75, 3.05) is 14.2 Å². The predicted molar refractivity (Wildman–Crippen MR) is 113 cm³/mol. The van der Waals surface area contributed by atoms with Gasteiger partial charge in [0, 0.05) is 13.0 Å². The quantitative estimate of drug-likeness (QED) is 0.379. The standard InChI is InChI=1S/C22H20Cl2N2O6/c1-26-19(30)21(23)8-12-10(4-5-11-15(12)18(29)25-17(11)28)16(22(21,24)20(26)31)9-3-6-13(27)14(7-9)32-2/h3-4,6-7,11-12,15-16,27H,5,8H2,1-2H3,(H,25,28,29)/t11-,12+,15-,16-,21+,22-/m0/s1. The number of alkyl halides is 2. The second-order valence-corrected chi connectivity index (χ2v) is 10.0. The Balaban J connectivity index is 1.76. The molecule has 0 bridgehead atoms. The lowest BCUT2D eigenvalue weighted by molar-refractivity contribution is -0.138. The molecule has 2 aliphatic heterocycles. The number of phenols is 1. The molecule has 1 saturated carbocycles. The lowest BCUT2D eigenvalue weighted by atomic mass is 9.56. The molecule has 4 aliphatic rings. The Morgan fingerprint density at radius 2 is 1.84 bits per heavy atom. The number of nitrogens with one attached hydrogen (secondary N) is 1. The van der Waals surface area contributed by atoms with Crippen LogP contribution in [0.15, 0.2) is 29.8 Å². The average Bonchev–Trinajstić information content (AvgIpc) is 3.12. The molecule has 2 aliphatic carbocycles. The molecule has 6 atom stereocenters. The maximum Gasteiger partial charge on any atom is 0.253 e. The summed E-state index contributed by atoms with van der Waals surface area (Å²) in [4.78, 5) is 48.8. The van der Waals surface area contributed by atoms with Gasteiger partial charge < -0.3 is 9.84 Å². The minimum Gasteiger partial charge on any atom is -0.504 e. The molecule has 32 heavy (non-hydrogen) atoms. The van der Waals surface area contributed by atoms with Crippen LogP contribution in [0.4, 0.5) is 0 Å². The van der Waals surface area contributed by atoms with E-state index in [9.17, 15) is 24.3 Å². The molecule has 0 aromatic heterocycles. The number of methoxy groups -OCH3 is 1. The van der Waals surface area contributed by atoms with E-state index in [0.29, 0.717) is 17.6 Å². The maximum absolute atomic E-state index is 13.3. The van der Waals surface area contributed by atoms with Crippen LogP contribution in [0.5, 0.6) is 11.5 Å². The SMILES string of the molecule is COc1cc([C@H]2C3=CC[C@@H]4C(=O)NC(=O)[C@@H]4[C@@H]3C[C@@]3(Cl)C(=O)N(C)C(=O)[C@@]23Cl)ccc1O. The van der Waals surface area contributed by atoms with Crippen molar-refractivity contribution in [2.45, 2.75) is 28.5 Å². The number of nitrogens with zero attached hydrogens (tertiary/aromatic N) is 1. The van der Waals surface area contributed by atoms with Crippen LogP contribution in [-0.2, 0) is 19.2 Å². The molecule has 0 spiro atoms. The third-order valence-corrected chi connectivity index (χ3v) is 8.81. The van der Waals surface area contributed by atoms with Gasteiger partial charge >= 0.3 is 0 Å². The lowest BCUT2D eigenvalue weighted by Gasteiger charge is -2.50. The van der Waals surface area contributed by atoms with E-state index in [0.717, 1.165) is 4.90 Å². The van der Waals surface area contributed by atoms with E-state index in [1.165, 1.54) is 20.2 Å². The molecule has 4 amide bonds. The highest BCUT2D eigenvalue weighted by molar-refractivity contribution is 6.53. The van der Waals surface area contributed by atoms with E-state index in [4.69, 9.17) is 27.9 Å². The van der Waals surface area contributed by atoms with E-state index in [1.807, 2.05) is 6.08 Å². The zero-order valence-corrected chi connectivity index (χ0v) is 18.7. The second kappa shape index (κ2) is 6.71. The number of amides is 4. The van der Waals surface area contributed by atoms with Gasteiger partial charge in [-0.1, -0.05) is 17.7 Å². The van der Waals surface area contributed by atoms with Crippen molar-refractivity contribution in [1.29, 1.82) is 0 Å². The first-order valence-electron chi connectivity index (χ1n) is 10.2. The summed E-state index contributed by atoms with van der Waals surface area (Å²) in [6.07, 6.45) is 2.09. The van der Waals surface area contributed by atoms with Crippen LogP contribution in [-0.4, -0.2) is 57.5 Å². The summed E-state index contributed by atoms with van der Waals surface area (Å²) >= 11 is 14.0. The molecule has 8 nitrogen and oxygen atoms in total. The summed E-state index contributed by atoms with van der Waals surface area (Å²) in [6, 6.07) is 4.55. The fourth-order valence-corrected chi connectivity index (χ4v) is 6.92. The van der Waals surface area contributed by atoms with Gasteiger partial charge in [0.1, 0.15) is 0 Å². The number of ether oxygens (including phenoxy) is 1. The Morgan fingerprint density at radius 3 is 2.53 bits per heavy atom. The summed E-state index contributed by atoms with van der Waals surface area (Å²) in [5.74, 6) is -4.66. The van der Waals surface area contributed by atoms with Crippen molar-refractivity contribution in [3.05, 3.63) is 35.4 Å². The molecule has 1 aromatic carbocycles. The van der Waals surface area contributed by atoms with E-state index < -0.39 is 51.1 Å². The lowest BCUT2D eigenvalue weighted by Crippen LogP contribution is -2.60. The molecule has 1 aromatic rings. The van der Waals surface area contributed by atoms with Crippen LogP contribution in [0.25, 0.3) is 0 Å². The van der Waals surface area contributed by atoms with Gasteiger partial charge in [-0.15, -0.1) is 23.2 Å². The number of halogens is 2. The van der Waals surface area contributed by atoms with Gasteiger partial charge in [-0.25, -0.2) is 0 Å². The van der Waals surface area contributed by atoms with Crippen molar-refractivity contribution < 1.29 is 29.0 Å². The fourth-order valence-electron chi connectivity index (χ4n) is 5.90. The van der Waals surface area contributed by atoms with E-state index in [2.05, 4.69) is 5.32 Å². The summed E-state index contributed by atoms with van der Waals surface area (Å²) in [5, 5.41) is 12.5. The van der Waals surface area contributed by atoms with Crippen LogP contribution in [0, 0.1) is 17.8 Å². The number of allylic oxidation sites excluding steroid dienone is 2. The molecule has 10 heteroatoms. The molecule has 5 rings (SSSR count). The Labute approximate surface area is 193 Å². The molecule has 2 N–H and O–H groups in total. The topological polar surface area (TPSA) is 113 Å². The van der Waals surface area contributed by atoms with Crippen LogP contribution < -0.4 is 10.1 Å². The van der Waals surface area contributed by atoms with Gasteiger partial charge in [-0.3, -0.25) is 29.4 Å². The Bertz CT molecular complexity index is 1140. The summed E-state index contributed by atoms with van der Waals surface area (Å²) in [5.41, 5.74) is 1.20. The largest absolute Gasteiger partial charge is 0.504 e. The number of rotatable bonds is 2. The monoisotopic (exact) mass is 478 g/mol. The van der Waals surface area contributed by atoms with Crippen LogP contribution >= 0.6 is 23.2 Å². The third-order valence-electron chi connectivity index (χ3n) is 7.39. The predicted octanol–water partition coefficient (Wildman–Crippen LogP) is 1.68. The fraction of sp³-hybridized carbons (Fsp3) is 0.455. The first-order valence-corrected chi connectivity index (χ1v) is 10.9. The highest BCUT2D eigenvalue weighted by Crippen LogP contribution is 2.65. The molecule has 3 fully saturated rings. The zero-order chi connectivity index (χ0) is 23.2. The van der Waals surface area contributed by atoms with Gasteiger partial charge in [0.05, 0.1) is 18.9 Å². The number of hydrogen-bond acceptors (Lipinski definition) is 6. The van der Waals surface area contributed by atoms with Gasteiger partial charge in [0.2, 0.25) is 11.8 Å². The van der Waals surface area contributed by atoms with E-state index in [-0.39, 0.29) is 23.8 Å². The van der Waals surface area contributed by atoms with Crippen LogP contribution in [0.3, 0.4) is 0 Å². The Hall–Kier alpha value is -2.58. The first-order chi connectivity index (χ1) is 15.1. The summed E-state index contributed by atoms with van der Waals surface area (Å²) in [6.45, 7) is 0. The summed E-state index contributed by atoms with van der Waals surface area (Å²) < 4.78 is 5.23. The minimum absolute atomic E-state index is 0.0492. The number of fused-ring (bicyclic) bond motifs is 4. The third kappa shape index (κ3) is 2.39. The van der Waals surface area contributed by atoms with E-state index >= 15 is 0 Å². The van der Waals surface area contributed by atoms with Crippen molar-refractivity contribution >= 4 is 46.8 Å². The first kappa shape index (κ1) is 21.3. The number of carbonyl (C=O) groups excluding carboxylic acids is 4. The van der Waals surface area contributed by atoms with Crippen LogP contribution in [0.2, 0.25) is 0 Å². The number of likely N-dealkylation sites (tertiary alicyclic amines) is 1. The van der Waals surface area contributed by atoms with Crippen LogP contribution in [0.1, 0.15) is 24.3 Å².